The van der Waals surface area contributed by atoms with Crippen LogP contribution in [0.4, 0.5) is 10.1 Å². The predicted molar refractivity (Wildman–Crippen MR) is 87.4 cm³/mol. The average Bonchev–Trinajstić information content (AvgIpc) is 2.56. The monoisotopic (exact) mass is 375 g/mol. The Hall–Kier alpha value is -2.34. The fourth-order valence-electron chi connectivity index (χ4n) is 2.43. The number of rotatable bonds is 3. The van der Waals surface area contributed by atoms with E-state index in [1.807, 2.05) is 0 Å². The van der Waals surface area contributed by atoms with Crippen LogP contribution in [0.3, 0.4) is 0 Å². The van der Waals surface area contributed by atoms with Crippen molar-refractivity contribution in [2.75, 3.05) is 7.11 Å². The third-order valence-electron chi connectivity index (χ3n) is 3.60. The molecule has 0 N–H and O–H groups in total. The number of hydrogen-bond acceptors (Lipinski definition) is 4. The molecule has 1 aliphatic rings. The molecule has 1 unspecified atom stereocenters. The number of methoxy groups -OCH3 is 1. The van der Waals surface area contributed by atoms with E-state index >= 15 is 0 Å². The lowest BCUT2D eigenvalue weighted by Gasteiger charge is -2.19. The van der Waals surface area contributed by atoms with E-state index in [-0.39, 0.29) is 16.9 Å². The van der Waals surface area contributed by atoms with Crippen molar-refractivity contribution in [3.63, 3.8) is 0 Å². The van der Waals surface area contributed by atoms with Crippen LogP contribution in [0.2, 0.25) is 0 Å². The molecular weight excluding hydrogens is 365 g/mol. The van der Waals surface area contributed by atoms with Crippen molar-refractivity contribution in [1.82, 2.24) is 0 Å². The Morgan fingerprint density at radius 3 is 2.57 bits per heavy atom. The molecule has 0 radical (unpaired) electrons. The number of hydrogen-bond donors (Lipinski definition) is 0. The number of carbonyl (C=O) groups is 2. The van der Waals surface area contributed by atoms with E-state index in [0.29, 0.717) is 15.9 Å². The number of aliphatic imine (C=N–C) groups is 1. The first kappa shape index (κ1) is 15.6. The van der Waals surface area contributed by atoms with Crippen molar-refractivity contribution in [3.05, 3.63) is 57.8 Å². The minimum absolute atomic E-state index is 0.258. The maximum atomic E-state index is 13.0. The lowest BCUT2D eigenvalue weighted by atomic mass is 9.88. The second-order valence-corrected chi connectivity index (χ2v) is 5.82. The van der Waals surface area contributed by atoms with Crippen LogP contribution in [0.15, 0.2) is 45.9 Å². The van der Waals surface area contributed by atoms with E-state index in [1.54, 1.807) is 12.1 Å². The molecule has 0 aromatic heterocycles. The second kappa shape index (κ2) is 6.04. The number of carbonyl (C=O) groups excluding carboxylic acids is 2. The molecule has 0 saturated carbocycles. The van der Waals surface area contributed by atoms with E-state index in [0.717, 1.165) is 0 Å². The Kier molecular flexibility index (Phi) is 4.09. The fraction of sp³-hybridized carbons (Fsp3) is 0.118. The molecular formula is C17H11BrFNO3. The quantitative estimate of drug-likeness (QED) is 0.601. The first-order valence-corrected chi connectivity index (χ1v) is 7.57. The Morgan fingerprint density at radius 1 is 1.22 bits per heavy atom. The molecule has 3 rings (SSSR count). The number of halogens is 2. The van der Waals surface area contributed by atoms with Crippen molar-refractivity contribution in [2.24, 2.45) is 10.9 Å². The van der Waals surface area contributed by atoms with Crippen LogP contribution in [0, 0.1) is 11.7 Å². The number of Topliss-reactive ketones (excluding diaryl/α,β-unsaturated/α-hetero) is 2. The summed E-state index contributed by atoms with van der Waals surface area (Å²) in [5.41, 5.74) is 0.968. The van der Waals surface area contributed by atoms with Gasteiger partial charge in [-0.05, 0) is 52.3 Å². The van der Waals surface area contributed by atoms with Crippen LogP contribution >= 0.6 is 15.9 Å². The molecule has 0 fully saturated rings. The van der Waals surface area contributed by atoms with Crippen molar-refractivity contribution in [2.45, 2.75) is 0 Å². The summed E-state index contributed by atoms with van der Waals surface area (Å²) in [6.45, 7) is 0. The average molecular weight is 376 g/mol. The number of fused-ring (bicyclic) bond motifs is 1. The summed E-state index contributed by atoms with van der Waals surface area (Å²) in [5, 5.41) is 0. The molecule has 0 saturated heterocycles. The molecule has 6 heteroatoms. The van der Waals surface area contributed by atoms with Crippen LogP contribution in [-0.2, 0) is 0 Å². The van der Waals surface area contributed by atoms with Crippen LogP contribution < -0.4 is 4.74 Å². The number of benzene rings is 2. The highest BCUT2D eigenvalue weighted by Crippen LogP contribution is 2.39. The zero-order chi connectivity index (χ0) is 16.6. The summed E-state index contributed by atoms with van der Waals surface area (Å²) in [4.78, 5) is 29.5. The normalized spacial score (nSPS) is 16.1. The van der Waals surface area contributed by atoms with Gasteiger partial charge in [-0.15, -0.1) is 0 Å². The second-order valence-electron chi connectivity index (χ2n) is 4.96. The number of ketones is 2. The van der Waals surface area contributed by atoms with E-state index in [4.69, 9.17) is 4.74 Å². The van der Waals surface area contributed by atoms with Gasteiger partial charge in [0, 0.05) is 16.3 Å². The summed E-state index contributed by atoms with van der Waals surface area (Å²) in [5.74, 6) is -1.94. The predicted octanol–water partition coefficient (Wildman–Crippen LogP) is 3.99. The van der Waals surface area contributed by atoms with Gasteiger partial charge in [-0.25, -0.2) is 4.39 Å². The Labute approximate surface area is 140 Å². The van der Waals surface area contributed by atoms with Gasteiger partial charge in [-0.1, -0.05) is 0 Å². The lowest BCUT2D eigenvalue weighted by Crippen LogP contribution is -2.28. The molecule has 1 aliphatic heterocycles. The highest BCUT2D eigenvalue weighted by atomic mass is 79.9. The molecule has 2 aromatic rings. The van der Waals surface area contributed by atoms with Gasteiger partial charge in [-0.2, -0.15) is 0 Å². The summed E-state index contributed by atoms with van der Waals surface area (Å²) in [6.07, 6.45) is 1.32. The zero-order valence-corrected chi connectivity index (χ0v) is 13.6. The number of ether oxygens (including phenoxy) is 1. The molecule has 1 heterocycles. The minimum Gasteiger partial charge on any atom is -0.496 e. The van der Waals surface area contributed by atoms with Crippen LogP contribution in [0.5, 0.6) is 5.75 Å². The summed E-state index contributed by atoms with van der Waals surface area (Å²) >= 11 is 3.33. The van der Waals surface area contributed by atoms with Gasteiger partial charge in [0.25, 0.3) is 0 Å². The van der Waals surface area contributed by atoms with Gasteiger partial charge < -0.3 is 4.74 Å². The molecule has 4 nitrogen and oxygen atoms in total. The largest absolute Gasteiger partial charge is 0.496 e. The lowest BCUT2D eigenvalue weighted by molar-refractivity contribution is 0.0853. The van der Waals surface area contributed by atoms with Crippen LogP contribution in [-0.4, -0.2) is 24.9 Å². The third kappa shape index (κ3) is 2.70. The van der Waals surface area contributed by atoms with Gasteiger partial charge in [-0.3, -0.25) is 14.6 Å². The molecule has 2 aromatic carbocycles. The smallest absolute Gasteiger partial charge is 0.185 e. The van der Waals surface area contributed by atoms with Crippen LogP contribution in [0.25, 0.3) is 0 Å². The molecule has 0 spiro atoms. The highest BCUT2D eigenvalue weighted by Gasteiger charge is 2.34. The Balaban J connectivity index is 2.03. The molecule has 1 atom stereocenters. The molecule has 0 aliphatic carbocycles. The van der Waals surface area contributed by atoms with Crippen LogP contribution in [0.1, 0.15) is 20.7 Å². The standard InChI is InChI=1S/C17H11BrFNO3/c1-23-13-7-6-12(18)15-14(13)17(22)11(8-20-15)16(21)9-2-4-10(19)5-3-9/h2-8,11H,1H3. The van der Waals surface area contributed by atoms with Crippen molar-refractivity contribution >= 4 is 39.4 Å². The third-order valence-corrected chi connectivity index (χ3v) is 4.24. The first-order chi connectivity index (χ1) is 11.0. The molecule has 0 bridgehead atoms. The number of nitrogens with zero attached hydrogens (tertiary/aromatic N) is 1. The van der Waals surface area contributed by atoms with E-state index < -0.39 is 17.5 Å². The van der Waals surface area contributed by atoms with Crippen molar-refractivity contribution in [1.29, 1.82) is 0 Å². The summed E-state index contributed by atoms with van der Waals surface area (Å²) in [6, 6.07) is 8.44. The zero-order valence-electron chi connectivity index (χ0n) is 12.0. The first-order valence-electron chi connectivity index (χ1n) is 6.77. The van der Waals surface area contributed by atoms with Crippen molar-refractivity contribution in [3.8, 4) is 5.75 Å². The van der Waals surface area contributed by atoms with Gasteiger partial charge in [0.1, 0.15) is 17.5 Å². The van der Waals surface area contributed by atoms with Gasteiger partial charge in [0.15, 0.2) is 11.6 Å². The summed E-state index contributed by atoms with van der Waals surface area (Å²) in [7, 11) is 1.45. The van der Waals surface area contributed by atoms with Gasteiger partial charge in [0.2, 0.25) is 0 Å². The molecule has 23 heavy (non-hydrogen) atoms. The van der Waals surface area contributed by atoms with Gasteiger partial charge >= 0.3 is 0 Å². The van der Waals surface area contributed by atoms with E-state index in [1.165, 1.54) is 37.6 Å². The Bertz CT molecular complexity index is 830. The molecule has 116 valence electrons. The van der Waals surface area contributed by atoms with E-state index in [2.05, 4.69) is 20.9 Å². The fourth-order valence-corrected chi connectivity index (χ4v) is 2.87. The highest BCUT2D eigenvalue weighted by molar-refractivity contribution is 9.10. The van der Waals surface area contributed by atoms with E-state index in [9.17, 15) is 14.0 Å². The van der Waals surface area contributed by atoms with Crippen molar-refractivity contribution < 1.29 is 18.7 Å². The van der Waals surface area contributed by atoms with Gasteiger partial charge in [0.05, 0.1) is 18.4 Å². The SMILES string of the molecule is COc1ccc(Br)c2c1C(=O)C(C(=O)c1ccc(F)cc1)C=N2. The topological polar surface area (TPSA) is 55.7 Å². The summed E-state index contributed by atoms with van der Waals surface area (Å²) < 4.78 is 18.8. The maximum absolute atomic E-state index is 13.0. The molecule has 0 amide bonds. The Morgan fingerprint density at radius 2 is 1.91 bits per heavy atom. The maximum Gasteiger partial charge on any atom is 0.185 e. The minimum atomic E-state index is -1.05.